The Kier molecular flexibility index (Phi) is 4.43. The Balaban J connectivity index is 1.54. The lowest BCUT2D eigenvalue weighted by atomic mass is 10.1. The summed E-state index contributed by atoms with van der Waals surface area (Å²) in [6, 6.07) is 7.39. The summed E-state index contributed by atoms with van der Waals surface area (Å²) in [6.07, 6.45) is 3.89. The zero-order valence-corrected chi connectivity index (χ0v) is 12.5. The molecule has 1 aliphatic heterocycles. The molecule has 3 rings (SSSR count). The molecule has 0 saturated carbocycles. The van der Waals surface area contributed by atoms with Crippen molar-refractivity contribution in [3.05, 3.63) is 24.3 Å². The van der Waals surface area contributed by atoms with Crippen molar-refractivity contribution in [1.82, 2.24) is 20.6 Å². The number of tetrazole rings is 1. The number of benzene rings is 1. The SMILES string of the molecule is C[C@@H]1CC[C@@H](CCC(=O)Nc2cccc(-c3nn[nH]n3)c2)O1. The second kappa shape index (κ2) is 6.65. The molecule has 0 bridgehead atoms. The van der Waals surface area contributed by atoms with Crippen LogP contribution in [-0.2, 0) is 9.53 Å². The molecular weight excluding hydrogens is 282 g/mol. The van der Waals surface area contributed by atoms with E-state index in [1.165, 1.54) is 0 Å². The molecule has 1 saturated heterocycles. The first-order valence-electron chi connectivity index (χ1n) is 7.50. The first-order valence-corrected chi connectivity index (χ1v) is 7.50. The number of aromatic nitrogens is 4. The van der Waals surface area contributed by atoms with Gasteiger partial charge in [0.2, 0.25) is 11.7 Å². The number of hydrogen-bond acceptors (Lipinski definition) is 5. The number of carbonyl (C=O) groups excluding carboxylic acids is 1. The number of amides is 1. The molecule has 2 N–H and O–H groups in total. The maximum absolute atomic E-state index is 12.0. The minimum atomic E-state index is -0.00610. The molecular formula is C15H19N5O2. The molecule has 1 fully saturated rings. The molecule has 116 valence electrons. The summed E-state index contributed by atoms with van der Waals surface area (Å²) in [5.74, 6) is 0.498. The first-order chi connectivity index (χ1) is 10.7. The van der Waals surface area contributed by atoms with Crippen molar-refractivity contribution in [1.29, 1.82) is 0 Å². The van der Waals surface area contributed by atoms with Crippen molar-refractivity contribution in [3.8, 4) is 11.4 Å². The molecule has 1 amide bonds. The lowest BCUT2D eigenvalue weighted by Gasteiger charge is -2.11. The Labute approximate surface area is 128 Å². The van der Waals surface area contributed by atoms with Crippen LogP contribution in [0.3, 0.4) is 0 Å². The molecule has 0 radical (unpaired) electrons. The molecule has 7 heteroatoms. The molecule has 7 nitrogen and oxygen atoms in total. The fraction of sp³-hybridized carbons (Fsp3) is 0.467. The molecule has 0 unspecified atom stereocenters. The summed E-state index contributed by atoms with van der Waals surface area (Å²) in [4.78, 5) is 12.0. The number of carbonyl (C=O) groups is 1. The number of nitrogens with zero attached hydrogens (tertiary/aromatic N) is 3. The topological polar surface area (TPSA) is 92.8 Å². The van der Waals surface area contributed by atoms with E-state index in [1.807, 2.05) is 24.3 Å². The molecule has 2 aromatic rings. The van der Waals surface area contributed by atoms with Gasteiger partial charge in [-0.25, -0.2) is 0 Å². The highest BCUT2D eigenvalue weighted by molar-refractivity contribution is 5.91. The smallest absolute Gasteiger partial charge is 0.224 e. The molecule has 22 heavy (non-hydrogen) atoms. The van der Waals surface area contributed by atoms with Crippen LogP contribution in [0.4, 0.5) is 5.69 Å². The van der Waals surface area contributed by atoms with Crippen LogP contribution in [0.15, 0.2) is 24.3 Å². The highest BCUT2D eigenvalue weighted by Crippen LogP contribution is 2.23. The van der Waals surface area contributed by atoms with Gasteiger partial charge in [-0.1, -0.05) is 12.1 Å². The van der Waals surface area contributed by atoms with Crippen LogP contribution in [0, 0.1) is 0 Å². The zero-order valence-electron chi connectivity index (χ0n) is 12.5. The normalized spacial score (nSPS) is 21.0. The van der Waals surface area contributed by atoms with Gasteiger partial charge in [0.25, 0.3) is 0 Å². The number of anilines is 1. The lowest BCUT2D eigenvalue weighted by molar-refractivity contribution is -0.116. The minimum Gasteiger partial charge on any atom is -0.375 e. The summed E-state index contributed by atoms with van der Waals surface area (Å²) in [6.45, 7) is 2.07. The van der Waals surface area contributed by atoms with Gasteiger partial charge in [-0.15, -0.1) is 10.2 Å². The Bertz CT molecular complexity index is 629. The fourth-order valence-corrected chi connectivity index (χ4v) is 2.63. The Hall–Kier alpha value is -2.28. The van der Waals surface area contributed by atoms with E-state index < -0.39 is 0 Å². The van der Waals surface area contributed by atoms with Crippen molar-refractivity contribution in [3.63, 3.8) is 0 Å². The average molecular weight is 301 g/mol. The van der Waals surface area contributed by atoms with Crippen molar-refractivity contribution in [2.24, 2.45) is 0 Å². The van der Waals surface area contributed by atoms with E-state index >= 15 is 0 Å². The number of hydrogen-bond donors (Lipinski definition) is 2. The molecule has 1 aromatic heterocycles. The van der Waals surface area contributed by atoms with Gasteiger partial charge in [-0.3, -0.25) is 4.79 Å². The quantitative estimate of drug-likeness (QED) is 0.882. The van der Waals surface area contributed by atoms with E-state index in [4.69, 9.17) is 4.74 Å². The number of nitrogens with one attached hydrogen (secondary N) is 2. The third kappa shape index (κ3) is 3.67. The summed E-state index contributed by atoms with van der Waals surface area (Å²) >= 11 is 0. The Morgan fingerprint density at radius 1 is 1.45 bits per heavy atom. The number of H-pyrrole nitrogens is 1. The number of aromatic amines is 1. The maximum atomic E-state index is 12.0. The van der Waals surface area contributed by atoms with Gasteiger partial charge in [-0.2, -0.15) is 5.21 Å². The third-order valence-corrected chi connectivity index (χ3v) is 3.76. The van der Waals surface area contributed by atoms with Crippen molar-refractivity contribution in [2.45, 2.75) is 44.8 Å². The van der Waals surface area contributed by atoms with E-state index in [0.29, 0.717) is 18.3 Å². The number of ether oxygens (including phenoxy) is 1. The van der Waals surface area contributed by atoms with Crippen LogP contribution in [0.25, 0.3) is 11.4 Å². The van der Waals surface area contributed by atoms with Crippen molar-refractivity contribution < 1.29 is 9.53 Å². The van der Waals surface area contributed by atoms with Gasteiger partial charge in [0.15, 0.2) is 0 Å². The van der Waals surface area contributed by atoms with Gasteiger partial charge in [0.05, 0.1) is 12.2 Å². The maximum Gasteiger partial charge on any atom is 0.224 e. The third-order valence-electron chi connectivity index (χ3n) is 3.76. The molecule has 2 atom stereocenters. The monoisotopic (exact) mass is 301 g/mol. The summed E-state index contributed by atoms with van der Waals surface area (Å²) in [5, 5.41) is 16.7. The van der Waals surface area contributed by atoms with Gasteiger partial charge in [0, 0.05) is 17.7 Å². The van der Waals surface area contributed by atoms with Crippen LogP contribution in [0.2, 0.25) is 0 Å². The zero-order chi connectivity index (χ0) is 15.4. The second-order valence-corrected chi connectivity index (χ2v) is 5.55. The van der Waals surface area contributed by atoms with E-state index in [1.54, 1.807) is 0 Å². The predicted octanol–water partition coefficient (Wildman–Crippen LogP) is 2.15. The van der Waals surface area contributed by atoms with Crippen LogP contribution < -0.4 is 5.32 Å². The van der Waals surface area contributed by atoms with Crippen LogP contribution >= 0.6 is 0 Å². The number of rotatable bonds is 5. The summed E-state index contributed by atoms with van der Waals surface area (Å²) in [7, 11) is 0. The molecule has 1 aliphatic rings. The second-order valence-electron chi connectivity index (χ2n) is 5.55. The van der Waals surface area contributed by atoms with E-state index in [2.05, 4.69) is 32.9 Å². The highest BCUT2D eigenvalue weighted by atomic mass is 16.5. The first kappa shape index (κ1) is 14.6. The van der Waals surface area contributed by atoms with Gasteiger partial charge >= 0.3 is 0 Å². The minimum absolute atomic E-state index is 0.00610. The van der Waals surface area contributed by atoms with Gasteiger partial charge in [0.1, 0.15) is 0 Å². The summed E-state index contributed by atoms with van der Waals surface area (Å²) in [5.41, 5.74) is 1.53. The molecule has 0 spiro atoms. The van der Waals surface area contributed by atoms with E-state index in [9.17, 15) is 4.79 Å². The van der Waals surface area contributed by atoms with Crippen molar-refractivity contribution >= 4 is 11.6 Å². The largest absolute Gasteiger partial charge is 0.375 e. The molecule has 1 aromatic carbocycles. The standard InChI is InChI=1S/C15H19N5O2/c1-10-5-6-13(22-10)7-8-14(21)16-12-4-2-3-11(9-12)15-17-19-20-18-15/h2-4,9-10,13H,5-8H2,1H3,(H,16,21)(H,17,18,19,20)/t10-,13+/m1/s1. The van der Waals surface area contributed by atoms with E-state index in [-0.39, 0.29) is 12.0 Å². The van der Waals surface area contributed by atoms with Gasteiger partial charge in [-0.05, 0) is 43.5 Å². The Morgan fingerprint density at radius 2 is 2.36 bits per heavy atom. The Morgan fingerprint density at radius 3 is 3.09 bits per heavy atom. The predicted molar refractivity (Wildman–Crippen MR) is 81.0 cm³/mol. The average Bonchev–Trinajstić information content (AvgIpc) is 3.17. The van der Waals surface area contributed by atoms with E-state index in [0.717, 1.165) is 30.5 Å². The van der Waals surface area contributed by atoms with Crippen LogP contribution in [0.1, 0.15) is 32.6 Å². The van der Waals surface area contributed by atoms with Crippen LogP contribution in [0.5, 0.6) is 0 Å². The molecule has 0 aliphatic carbocycles. The molecule has 2 heterocycles. The fourth-order valence-electron chi connectivity index (χ4n) is 2.63. The summed E-state index contributed by atoms with van der Waals surface area (Å²) < 4.78 is 5.72. The highest BCUT2D eigenvalue weighted by Gasteiger charge is 2.22. The van der Waals surface area contributed by atoms with Crippen LogP contribution in [-0.4, -0.2) is 38.7 Å². The lowest BCUT2D eigenvalue weighted by Crippen LogP contribution is -2.16. The van der Waals surface area contributed by atoms with Gasteiger partial charge < -0.3 is 10.1 Å². The van der Waals surface area contributed by atoms with Crippen molar-refractivity contribution in [2.75, 3.05) is 5.32 Å².